The summed E-state index contributed by atoms with van der Waals surface area (Å²) in [6.45, 7) is 0. The molecule has 4 aromatic rings. The van der Waals surface area contributed by atoms with Crippen LogP contribution in [-0.2, 0) is 16.2 Å². The van der Waals surface area contributed by atoms with E-state index in [2.05, 4.69) is 19.8 Å². The van der Waals surface area contributed by atoms with Gasteiger partial charge in [0.15, 0.2) is 5.65 Å². The first-order chi connectivity index (χ1) is 14.1. The van der Waals surface area contributed by atoms with E-state index < -0.39 is 21.8 Å². The average molecular weight is 434 g/mol. The Morgan fingerprint density at radius 1 is 1.00 bits per heavy atom. The van der Waals surface area contributed by atoms with Gasteiger partial charge in [0.05, 0.1) is 22.3 Å². The first-order valence-electron chi connectivity index (χ1n) is 8.39. The highest BCUT2D eigenvalue weighted by molar-refractivity contribution is 7.92. The van der Waals surface area contributed by atoms with Gasteiger partial charge in [0.2, 0.25) is 5.95 Å². The minimum absolute atomic E-state index is 0.114. The molecule has 154 valence electrons. The van der Waals surface area contributed by atoms with Crippen LogP contribution >= 0.6 is 0 Å². The van der Waals surface area contributed by atoms with Crippen LogP contribution in [0.1, 0.15) is 5.56 Å². The summed E-state index contributed by atoms with van der Waals surface area (Å²) in [5.74, 6) is 0.114. The predicted molar refractivity (Wildman–Crippen MR) is 103 cm³/mol. The number of fused-ring (bicyclic) bond motifs is 1. The van der Waals surface area contributed by atoms with Crippen LogP contribution in [0.5, 0.6) is 0 Å². The summed E-state index contributed by atoms with van der Waals surface area (Å²) in [6, 6.07) is 8.18. The molecule has 0 fully saturated rings. The van der Waals surface area contributed by atoms with Crippen LogP contribution in [0.3, 0.4) is 0 Å². The van der Waals surface area contributed by atoms with Crippen molar-refractivity contribution in [3.05, 3.63) is 66.6 Å². The lowest BCUT2D eigenvalue weighted by Gasteiger charge is -2.11. The maximum absolute atomic E-state index is 12.7. The lowest BCUT2D eigenvalue weighted by molar-refractivity contribution is -0.137. The van der Waals surface area contributed by atoms with Crippen molar-refractivity contribution in [2.24, 2.45) is 0 Å². The normalized spacial score (nSPS) is 12.2. The molecule has 1 aromatic carbocycles. The lowest BCUT2D eigenvalue weighted by atomic mass is 10.1. The number of rotatable bonds is 4. The Balaban J connectivity index is 1.61. The molecule has 0 saturated heterocycles. The zero-order valence-corrected chi connectivity index (χ0v) is 15.8. The molecule has 12 heteroatoms. The van der Waals surface area contributed by atoms with Gasteiger partial charge >= 0.3 is 6.18 Å². The third-order valence-corrected chi connectivity index (χ3v) is 5.56. The van der Waals surface area contributed by atoms with Gasteiger partial charge in [-0.15, -0.1) is 5.10 Å². The summed E-state index contributed by atoms with van der Waals surface area (Å²) in [5.41, 5.74) is 6.58. The second-order valence-electron chi connectivity index (χ2n) is 6.28. The molecule has 0 aliphatic carbocycles. The van der Waals surface area contributed by atoms with E-state index in [4.69, 9.17) is 5.73 Å². The van der Waals surface area contributed by atoms with Gasteiger partial charge in [-0.05, 0) is 42.5 Å². The number of nitrogens with zero attached hydrogens (tertiary/aromatic N) is 4. The monoisotopic (exact) mass is 434 g/mol. The molecule has 0 spiro atoms. The summed E-state index contributed by atoms with van der Waals surface area (Å²) < 4.78 is 66.9. The number of benzene rings is 1. The fourth-order valence-electron chi connectivity index (χ4n) is 2.76. The Labute approximate surface area is 168 Å². The predicted octanol–water partition coefficient (Wildman–Crippen LogP) is 3.19. The molecule has 3 heterocycles. The van der Waals surface area contributed by atoms with Crippen molar-refractivity contribution >= 4 is 27.3 Å². The third-order valence-electron chi connectivity index (χ3n) is 4.16. The number of pyridine rings is 2. The van der Waals surface area contributed by atoms with Crippen molar-refractivity contribution in [1.29, 1.82) is 0 Å². The van der Waals surface area contributed by atoms with Gasteiger partial charge in [-0.2, -0.15) is 18.2 Å². The van der Waals surface area contributed by atoms with Crippen LogP contribution in [0.4, 0.5) is 24.8 Å². The molecule has 3 N–H and O–H groups in total. The lowest BCUT2D eigenvalue weighted by Crippen LogP contribution is -2.14. The molecule has 0 aliphatic rings. The maximum atomic E-state index is 12.7. The quantitative estimate of drug-likeness (QED) is 0.510. The van der Waals surface area contributed by atoms with Crippen LogP contribution < -0.4 is 10.5 Å². The molecular weight excluding hydrogens is 421 g/mol. The Kier molecular flexibility index (Phi) is 4.57. The highest BCUT2D eigenvalue weighted by Crippen LogP contribution is 2.30. The van der Waals surface area contributed by atoms with E-state index in [1.165, 1.54) is 23.0 Å². The molecule has 0 bridgehead atoms. The number of anilines is 2. The topological polar surface area (TPSA) is 115 Å². The molecule has 0 aliphatic heterocycles. The summed E-state index contributed by atoms with van der Waals surface area (Å²) in [7, 11) is -4.11. The number of halogens is 3. The molecule has 0 saturated carbocycles. The number of hydrogen-bond donors (Lipinski definition) is 2. The first-order valence-corrected chi connectivity index (χ1v) is 9.87. The second kappa shape index (κ2) is 6.99. The number of hydrogen-bond acceptors (Lipinski definition) is 6. The zero-order valence-electron chi connectivity index (χ0n) is 15.0. The van der Waals surface area contributed by atoms with Crippen LogP contribution in [0.2, 0.25) is 0 Å². The van der Waals surface area contributed by atoms with Gasteiger partial charge in [-0.25, -0.2) is 12.9 Å². The van der Waals surface area contributed by atoms with Gasteiger partial charge in [-0.1, -0.05) is 0 Å². The van der Waals surface area contributed by atoms with E-state index in [0.717, 1.165) is 12.1 Å². The van der Waals surface area contributed by atoms with Gasteiger partial charge < -0.3 is 5.73 Å². The Bertz CT molecular complexity index is 1330. The van der Waals surface area contributed by atoms with E-state index in [9.17, 15) is 21.6 Å². The van der Waals surface area contributed by atoms with E-state index in [1.54, 1.807) is 18.3 Å². The Hall–Kier alpha value is -3.67. The molecule has 4 rings (SSSR count). The molecule has 3 aromatic heterocycles. The number of nitrogens with two attached hydrogens (primary N) is 1. The summed E-state index contributed by atoms with van der Waals surface area (Å²) in [6.07, 6.45) is -0.0812. The van der Waals surface area contributed by atoms with Crippen molar-refractivity contribution in [3.8, 4) is 11.1 Å². The van der Waals surface area contributed by atoms with E-state index >= 15 is 0 Å². The maximum Gasteiger partial charge on any atom is 0.416 e. The summed E-state index contributed by atoms with van der Waals surface area (Å²) >= 11 is 0. The molecule has 0 atom stereocenters. The number of sulfonamides is 1. The smallest absolute Gasteiger partial charge is 0.366 e. The third kappa shape index (κ3) is 3.89. The van der Waals surface area contributed by atoms with E-state index in [0.29, 0.717) is 28.9 Å². The number of nitrogens with one attached hydrogen (secondary N) is 1. The van der Waals surface area contributed by atoms with Crippen molar-refractivity contribution in [2.75, 3.05) is 10.5 Å². The highest BCUT2D eigenvalue weighted by atomic mass is 32.2. The number of alkyl halides is 3. The largest absolute Gasteiger partial charge is 0.416 e. The van der Waals surface area contributed by atoms with Crippen molar-refractivity contribution in [2.45, 2.75) is 11.1 Å². The molecule has 8 nitrogen and oxygen atoms in total. The van der Waals surface area contributed by atoms with Crippen molar-refractivity contribution < 1.29 is 21.6 Å². The Morgan fingerprint density at radius 2 is 1.73 bits per heavy atom. The molecule has 0 radical (unpaired) electrons. The fraction of sp³-hybridized carbons (Fsp3) is 0.0556. The minimum Gasteiger partial charge on any atom is -0.366 e. The van der Waals surface area contributed by atoms with Gasteiger partial charge in [-0.3, -0.25) is 9.71 Å². The number of nitrogen functional groups attached to an aromatic ring is 1. The van der Waals surface area contributed by atoms with Crippen molar-refractivity contribution in [1.82, 2.24) is 19.6 Å². The van der Waals surface area contributed by atoms with Crippen LogP contribution in [0.15, 0.2) is 66.0 Å². The fourth-order valence-corrected chi connectivity index (χ4v) is 3.80. The molecule has 0 amide bonds. The van der Waals surface area contributed by atoms with E-state index in [-0.39, 0.29) is 16.5 Å². The number of aromatic nitrogens is 4. The SMILES string of the molecule is Nc1nc2ccc(-c3cncc(NS(=O)(=O)c4ccc(C(F)(F)F)cc4)c3)cn2n1. The Morgan fingerprint density at radius 3 is 2.43 bits per heavy atom. The van der Waals surface area contributed by atoms with Gasteiger partial charge in [0.25, 0.3) is 10.0 Å². The van der Waals surface area contributed by atoms with Gasteiger partial charge in [0, 0.05) is 23.5 Å². The van der Waals surface area contributed by atoms with E-state index in [1.807, 2.05) is 0 Å². The van der Waals surface area contributed by atoms with Crippen LogP contribution in [-0.4, -0.2) is 28.0 Å². The summed E-state index contributed by atoms with van der Waals surface area (Å²) in [4.78, 5) is 7.74. The zero-order chi connectivity index (χ0) is 21.5. The standard InChI is InChI=1S/C18H13F3N6O2S/c19-18(20,21)13-2-4-15(5-3-13)30(28,29)26-14-7-12(8-23-9-14)11-1-6-16-24-17(22)25-27(16)10-11/h1-10,26H,(H2,22,25). The highest BCUT2D eigenvalue weighted by Gasteiger charge is 2.30. The average Bonchev–Trinajstić information content (AvgIpc) is 3.06. The molecular formula is C18H13F3N6O2S. The first kappa shape index (κ1) is 19.6. The van der Waals surface area contributed by atoms with Gasteiger partial charge in [0.1, 0.15) is 0 Å². The summed E-state index contributed by atoms with van der Waals surface area (Å²) in [5, 5.41) is 4.02. The second-order valence-corrected chi connectivity index (χ2v) is 7.96. The van der Waals surface area contributed by atoms with Crippen molar-refractivity contribution in [3.63, 3.8) is 0 Å². The molecule has 0 unspecified atom stereocenters. The van der Waals surface area contributed by atoms with Crippen LogP contribution in [0.25, 0.3) is 16.8 Å². The minimum atomic E-state index is -4.55. The molecule has 30 heavy (non-hydrogen) atoms. The van der Waals surface area contributed by atoms with Crippen LogP contribution in [0, 0.1) is 0 Å².